The molecule has 2 heterocycles. The van der Waals surface area contributed by atoms with Gasteiger partial charge in [0.15, 0.2) is 0 Å². The fourth-order valence-corrected chi connectivity index (χ4v) is 4.07. The van der Waals surface area contributed by atoms with Crippen molar-refractivity contribution in [3.05, 3.63) is 62.4 Å². The van der Waals surface area contributed by atoms with E-state index in [-0.39, 0.29) is 23.8 Å². The minimum absolute atomic E-state index is 0.0536. The molecule has 0 spiro atoms. The predicted molar refractivity (Wildman–Crippen MR) is 131 cm³/mol. The quantitative estimate of drug-likeness (QED) is 0.437. The van der Waals surface area contributed by atoms with Crippen molar-refractivity contribution in [2.24, 2.45) is 0 Å². The Hall–Kier alpha value is -2.35. The number of carbonyl (C=O) groups is 2. The van der Waals surface area contributed by atoms with Gasteiger partial charge in [-0.15, -0.1) is 11.3 Å². The summed E-state index contributed by atoms with van der Waals surface area (Å²) in [5.74, 6) is 0.0498. The van der Waals surface area contributed by atoms with Gasteiger partial charge < -0.3 is 10.2 Å². The standard InChI is InChI=1S/C23H26Cl2N4O2S/c1-5-10-28(22(31)18-7-6-11-32-18)14-21(30)26-20-13-19(23(2,3)4)27-29(20)15-8-9-16(24)17(25)12-15/h6-9,11-13H,5,10,14H2,1-4H3,(H,26,30). The molecule has 0 aliphatic rings. The summed E-state index contributed by atoms with van der Waals surface area (Å²) in [5.41, 5.74) is 1.24. The number of amides is 2. The molecule has 0 saturated carbocycles. The first-order valence-corrected chi connectivity index (χ1v) is 11.9. The largest absolute Gasteiger partial charge is 0.329 e. The van der Waals surface area contributed by atoms with E-state index in [4.69, 9.17) is 23.2 Å². The first kappa shape index (κ1) is 24.3. The van der Waals surface area contributed by atoms with Gasteiger partial charge in [0.2, 0.25) is 5.91 Å². The Morgan fingerprint density at radius 3 is 2.50 bits per heavy atom. The van der Waals surface area contributed by atoms with Crippen LogP contribution in [0.15, 0.2) is 41.8 Å². The van der Waals surface area contributed by atoms with Crippen molar-refractivity contribution in [3.8, 4) is 5.69 Å². The van der Waals surface area contributed by atoms with Crippen LogP contribution in [0.1, 0.15) is 49.5 Å². The highest BCUT2D eigenvalue weighted by molar-refractivity contribution is 7.12. The van der Waals surface area contributed by atoms with Crippen LogP contribution in [-0.4, -0.2) is 39.6 Å². The van der Waals surface area contributed by atoms with E-state index in [1.54, 1.807) is 33.8 Å². The topological polar surface area (TPSA) is 67.2 Å². The molecular formula is C23H26Cl2N4O2S. The maximum Gasteiger partial charge on any atom is 0.264 e. The maximum absolute atomic E-state index is 12.9. The van der Waals surface area contributed by atoms with Crippen LogP contribution < -0.4 is 5.32 Å². The number of hydrogen-bond acceptors (Lipinski definition) is 4. The fourth-order valence-electron chi connectivity index (χ4n) is 3.08. The molecule has 3 rings (SSSR count). The summed E-state index contributed by atoms with van der Waals surface area (Å²) < 4.78 is 1.63. The zero-order chi connectivity index (χ0) is 23.5. The van der Waals surface area contributed by atoms with Crippen LogP contribution in [0, 0.1) is 0 Å². The number of nitrogens with zero attached hydrogens (tertiary/aromatic N) is 3. The number of carbonyl (C=O) groups excluding carboxylic acids is 2. The number of halogens is 2. The number of anilines is 1. The van der Waals surface area contributed by atoms with E-state index in [1.807, 2.05) is 45.2 Å². The zero-order valence-electron chi connectivity index (χ0n) is 18.5. The lowest BCUT2D eigenvalue weighted by Crippen LogP contribution is -2.38. The van der Waals surface area contributed by atoms with Crippen LogP contribution in [0.4, 0.5) is 5.82 Å². The lowest BCUT2D eigenvalue weighted by atomic mass is 9.92. The molecule has 0 aliphatic heterocycles. The number of benzene rings is 1. The molecule has 3 aromatic rings. The van der Waals surface area contributed by atoms with Crippen LogP contribution >= 0.6 is 34.5 Å². The van der Waals surface area contributed by atoms with Gasteiger partial charge in [0.1, 0.15) is 12.4 Å². The van der Waals surface area contributed by atoms with E-state index in [0.717, 1.165) is 12.1 Å². The van der Waals surface area contributed by atoms with Gasteiger partial charge in [0.25, 0.3) is 5.91 Å². The number of thiophene rings is 1. The van der Waals surface area contributed by atoms with Gasteiger partial charge in [-0.1, -0.05) is 57.0 Å². The molecule has 2 amide bonds. The maximum atomic E-state index is 12.9. The number of hydrogen-bond donors (Lipinski definition) is 1. The van der Waals surface area contributed by atoms with Gasteiger partial charge in [-0.2, -0.15) is 5.10 Å². The smallest absolute Gasteiger partial charge is 0.264 e. The summed E-state index contributed by atoms with van der Waals surface area (Å²) in [7, 11) is 0. The van der Waals surface area contributed by atoms with Crippen molar-refractivity contribution < 1.29 is 9.59 Å². The predicted octanol–water partition coefficient (Wildman–Crippen LogP) is 6.03. The summed E-state index contributed by atoms with van der Waals surface area (Å²) in [5, 5.41) is 10.3. The minimum Gasteiger partial charge on any atom is -0.329 e. The van der Waals surface area contributed by atoms with E-state index in [2.05, 4.69) is 10.4 Å². The van der Waals surface area contributed by atoms with Crippen LogP contribution in [0.3, 0.4) is 0 Å². The highest BCUT2D eigenvalue weighted by Gasteiger charge is 2.24. The Bertz CT molecular complexity index is 1100. The summed E-state index contributed by atoms with van der Waals surface area (Å²) in [4.78, 5) is 27.9. The monoisotopic (exact) mass is 492 g/mol. The number of rotatable bonds is 7. The third-order valence-corrected chi connectivity index (χ3v) is 6.34. The zero-order valence-corrected chi connectivity index (χ0v) is 20.8. The molecule has 1 N–H and O–H groups in total. The van der Waals surface area contributed by atoms with Gasteiger partial charge in [0, 0.05) is 18.0 Å². The molecule has 6 nitrogen and oxygen atoms in total. The van der Waals surface area contributed by atoms with Gasteiger partial charge >= 0.3 is 0 Å². The average molecular weight is 493 g/mol. The van der Waals surface area contributed by atoms with Crippen LogP contribution in [0.2, 0.25) is 10.0 Å². The fraction of sp³-hybridized carbons (Fsp3) is 0.348. The van der Waals surface area contributed by atoms with E-state index >= 15 is 0 Å². The molecule has 0 bridgehead atoms. The molecule has 32 heavy (non-hydrogen) atoms. The Morgan fingerprint density at radius 1 is 1.16 bits per heavy atom. The van der Waals surface area contributed by atoms with Gasteiger partial charge in [-0.25, -0.2) is 4.68 Å². The highest BCUT2D eigenvalue weighted by atomic mass is 35.5. The summed E-state index contributed by atoms with van der Waals surface area (Å²) in [6.45, 7) is 8.54. The first-order valence-electron chi connectivity index (χ1n) is 10.3. The molecule has 0 saturated heterocycles. The summed E-state index contributed by atoms with van der Waals surface area (Å²) in [6.07, 6.45) is 0.750. The van der Waals surface area contributed by atoms with Crippen molar-refractivity contribution in [3.63, 3.8) is 0 Å². The molecule has 0 aliphatic carbocycles. The van der Waals surface area contributed by atoms with Crippen LogP contribution in [0.5, 0.6) is 0 Å². The molecule has 170 valence electrons. The van der Waals surface area contributed by atoms with E-state index in [1.165, 1.54) is 11.3 Å². The van der Waals surface area contributed by atoms with Crippen molar-refractivity contribution >= 4 is 52.2 Å². The van der Waals surface area contributed by atoms with Crippen molar-refractivity contribution in [1.82, 2.24) is 14.7 Å². The van der Waals surface area contributed by atoms with Crippen molar-refractivity contribution in [2.45, 2.75) is 39.5 Å². The SMILES string of the molecule is CCCN(CC(=O)Nc1cc(C(C)(C)C)nn1-c1ccc(Cl)c(Cl)c1)C(=O)c1cccs1. The Balaban J connectivity index is 1.87. The third-order valence-electron chi connectivity index (χ3n) is 4.74. The van der Waals surface area contributed by atoms with E-state index < -0.39 is 0 Å². The molecule has 0 radical (unpaired) electrons. The van der Waals surface area contributed by atoms with Crippen LogP contribution in [0.25, 0.3) is 5.69 Å². The number of aromatic nitrogens is 2. The molecular weight excluding hydrogens is 467 g/mol. The summed E-state index contributed by atoms with van der Waals surface area (Å²) >= 11 is 13.6. The number of nitrogens with one attached hydrogen (secondary N) is 1. The third kappa shape index (κ3) is 5.71. The molecule has 0 unspecified atom stereocenters. The average Bonchev–Trinajstić information content (AvgIpc) is 3.39. The Kier molecular flexibility index (Phi) is 7.64. The second-order valence-corrected chi connectivity index (χ2v) is 10.2. The van der Waals surface area contributed by atoms with E-state index in [0.29, 0.717) is 33.0 Å². The molecule has 1 aromatic carbocycles. The van der Waals surface area contributed by atoms with Gasteiger partial charge in [-0.05, 0) is 36.1 Å². The Labute approximate surface area is 202 Å². The molecule has 9 heteroatoms. The van der Waals surface area contributed by atoms with Gasteiger partial charge in [-0.3, -0.25) is 9.59 Å². The summed E-state index contributed by atoms with van der Waals surface area (Å²) in [6, 6.07) is 10.6. The van der Waals surface area contributed by atoms with Crippen molar-refractivity contribution in [2.75, 3.05) is 18.4 Å². The second-order valence-electron chi connectivity index (χ2n) is 8.43. The van der Waals surface area contributed by atoms with Crippen molar-refractivity contribution in [1.29, 1.82) is 0 Å². The molecule has 2 aromatic heterocycles. The lowest BCUT2D eigenvalue weighted by Gasteiger charge is -2.21. The highest BCUT2D eigenvalue weighted by Crippen LogP contribution is 2.29. The molecule has 0 fully saturated rings. The minimum atomic E-state index is -0.301. The van der Waals surface area contributed by atoms with Crippen LogP contribution in [-0.2, 0) is 10.2 Å². The second kappa shape index (κ2) is 10.1. The lowest BCUT2D eigenvalue weighted by molar-refractivity contribution is -0.116. The van der Waals surface area contributed by atoms with Gasteiger partial charge in [0.05, 0.1) is 26.3 Å². The Morgan fingerprint density at radius 2 is 1.91 bits per heavy atom. The van der Waals surface area contributed by atoms with E-state index in [9.17, 15) is 9.59 Å². The molecule has 0 atom stereocenters. The normalized spacial score (nSPS) is 11.4. The first-order chi connectivity index (χ1) is 15.1.